The number of halogens is 2. The predicted octanol–water partition coefficient (Wildman–Crippen LogP) is 8.83. The average Bonchev–Trinajstić information content (AvgIpc) is 3.50. The molecule has 2 N–H and O–H groups in total. The van der Waals surface area contributed by atoms with E-state index in [1.54, 1.807) is 13.3 Å². The van der Waals surface area contributed by atoms with Crippen LogP contribution in [-0.4, -0.2) is 58.6 Å². The van der Waals surface area contributed by atoms with Crippen LogP contribution in [0, 0.1) is 34.8 Å². The van der Waals surface area contributed by atoms with Crippen molar-refractivity contribution in [2.24, 2.45) is 16.2 Å². The fraction of sp³-hybridized carbons (Fsp3) is 0.500. The molecule has 1 fully saturated rings. The molecule has 1 unspecified atom stereocenters. The number of fused-ring (bicyclic) bond motifs is 1. The van der Waals surface area contributed by atoms with E-state index in [0.717, 1.165) is 32.0 Å². The zero-order valence-electron chi connectivity index (χ0n) is 30.2. The molecular formula is C38H49F2N6O3S. The van der Waals surface area contributed by atoms with E-state index in [-0.39, 0.29) is 28.4 Å². The molecule has 9 nitrogen and oxygen atoms in total. The van der Waals surface area contributed by atoms with Gasteiger partial charge >= 0.3 is 0 Å². The molecule has 1 amide bonds. The number of aromatic nitrogens is 3. The van der Waals surface area contributed by atoms with Crippen LogP contribution in [0.3, 0.4) is 0 Å². The van der Waals surface area contributed by atoms with Crippen molar-refractivity contribution in [3.8, 4) is 11.5 Å². The molecule has 2 aromatic heterocycles. The number of benzene rings is 2. The van der Waals surface area contributed by atoms with Crippen molar-refractivity contribution in [1.29, 1.82) is 0 Å². The molecule has 5 rings (SSSR count). The lowest BCUT2D eigenvalue weighted by molar-refractivity contribution is -0.115. The molecule has 269 valence electrons. The van der Waals surface area contributed by atoms with Crippen LogP contribution in [-0.2, 0) is 11.2 Å². The Morgan fingerprint density at radius 2 is 1.82 bits per heavy atom. The van der Waals surface area contributed by atoms with Crippen LogP contribution >= 0.6 is 11.3 Å². The highest BCUT2D eigenvalue weighted by Gasteiger charge is 2.53. The summed E-state index contributed by atoms with van der Waals surface area (Å²) in [5.74, 6) is -0.944. The summed E-state index contributed by atoms with van der Waals surface area (Å²) in [6.45, 7) is 21.4. The molecule has 3 heterocycles. The summed E-state index contributed by atoms with van der Waals surface area (Å²) in [7, 11) is 1.60. The summed E-state index contributed by atoms with van der Waals surface area (Å²) in [4.78, 5) is 29.0. The molecular weight excluding hydrogens is 659 g/mol. The summed E-state index contributed by atoms with van der Waals surface area (Å²) < 4.78 is 39.5. The molecule has 1 radical (unpaired) electrons. The van der Waals surface area contributed by atoms with Gasteiger partial charge in [0, 0.05) is 35.1 Å². The van der Waals surface area contributed by atoms with E-state index in [1.165, 1.54) is 42.6 Å². The Morgan fingerprint density at radius 1 is 1.06 bits per heavy atom. The summed E-state index contributed by atoms with van der Waals surface area (Å²) in [5.41, 5.74) is 0.424. The van der Waals surface area contributed by atoms with Crippen molar-refractivity contribution in [3.05, 3.63) is 66.3 Å². The maximum absolute atomic E-state index is 14.0. The van der Waals surface area contributed by atoms with Gasteiger partial charge in [-0.2, -0.15) is 0 Å². The van der Waals surface area contributed by atoms with Crippen LogP contribution < -0.4 is 20.1 Å². The summed E-state index contributed by atoms with van der Waals surface area (Å²) in [5, 5.41) is 6.83. The van der Waals surface area contributed by atoms with Crippen molar-refractivity contribution in [2.75, 3.05) is 37.4 Å². The van der Waals surface area contributed by atoms with E-state index in [0.29, 0.717) is 50.9 Å². The lowest BCUT2D eigenvalue weighted by Crippen LogP contribution is -2.60. The van der Waals surface area contributed by atoms with Gasteiger partial charge < -0.3 is 20.1 Å². The second-order valence-corrected chi connectivity index (χ2v) is 16.2. The number of carbonyl (C=O) groups is 1. The zero-order chi connectivity index (χ0) is 36.3. The average molecular weight is 708 g/mol. The highest BCUT2D eigenvalue weighted by atomic mass is 32.1. The first-order chi connectivity index (χ1) is 23.6. The lowest BCUT2D eigenvalue weighted by Gasteiger charge is -2.59. The van der Waals surface area contributed by atoms with Gasteiger partial charge in [-0.15, -0.1) is 11.3 Å². The SMILES string of the molecule is [CH2]C(C1CCCCN1CCCOc1cc2ncnc(Nc3ncc(CC(=O)Nc4cccc(F)c4F)s3)c2cc1OC)(C(C)(C)C)C(C)(C)C. The number of hydrogen-bond donors (Lipinski definition) is 2. The van der Waals surface area contributed by atoms with E-state index in [2.05, 4.69) is 72.0 Å². The molecule has 1 aliphatic rings. The van der Waals surface area contributed by atoms with Gasteiger partial charge in [-0.1, -0.05) is 54.0 Å². The quantitative estimate of drug-likeness (QED) is 0.141. The number of carbonyl (C=O) groups excluding carboxylic acids is 1. The van der Waals surface area contributed by atoms with Crippen LogP contribution in [0.1, 0.15) is 72.1 Å². The van der Waals surface area contributed by atoms with Gasteiger partial charge in [-0.05, 0) is 67.2 Å². The first-order valence-corrected chi connectivity index (χ1v) is 17.9. The predicted molar refractivity (Wildman–Crippen MR) is 196 cm³/mol. The molecule has 0 aliphatic carbocycles. The van der Waals surface area contributed by atoms with Gasteiger partial charge in [0.05, 0.1) is 31.3 Å². The van der Waals surface area contributed by atoms with Gasteiger partial charge in [0.1, 0.15) is 12.1 Å². The molecule has 1 atom stereocenters. The monoisotopic (exact) mass is 707 g/mol. The maximum atomic E-state index is 14.0. The van der Waals surface area contributed by atoms with Gasteiger partial charge in [0.25, 0.3) is 0 Å². The third-order valence-electron chi connectivity index (χ3n) is 9.97. The molecule has 4 aromatic rings. The maximum Gasteiger partial charge on any atom is 0.229 e. The number of nitrogens with zero attached hydrogens (tertiary/aromatic N) is 4. The number of methoxy groups -OCH3 is 1. The molecule has 0 bridgehead atoms. The van der Waals surface area contributed by atoms with Gasteiger partial charge in [-0.3, -0.25) is 9.69 Å². The summed E-state index contributed by atoms with van der Waals surface area (Å²) >= 11 is 1.25. The summed E-state index contributed by atoms with van der Waals surface area (Å²) in [6, 6.07) is 7.72. The standard InChI is InChI=1S/C38H49F2N6O3S/c1-36(2,3)38(7,37(4,5)6)31-15-9-10-16-46(31)17-12-18-49-30-21-28-25(20-29(30)48-8)34(43-23-42-28)45-35-41-22-24(50-35)19-32(47)44-27-14-11-13-26(39)33(27)40/h11,13-14,20-23,31H,7,9-10,12,15-19H2,1-6,8H3,(H,44,47)(H,41,42,43,45). The fourth-order valence-electron chi connectivity index (χ4n) is 7.33. The highest BCUT2D eigenvalue weighted by molar-refractivity contribution is 7.15. The van der Waals surface area contributed by atoms with Crippen molar-refractivity contribution in [3.63, 3.8) is 0 Å². The van der Waals surface area contributed by atoms with Gasteiger partial charge in [0.15, 0.2) is 28.3 Å². The second kappa shape index (κ2) is 15.1. The number of hydrogen-bond acceptors (Lipinski definition) is 9. The number of thiazole rings is 1. The van der Waals surface area contributed by atoms with E-state index < -0.39 is 17.5 Å². The number of piperidine rings is 1. The number of nitrogens with one attached hydrogen (secondary N) is 2. The minimum absolute atomic E-state index is 0.0432. The van der Waals surface area contributed by atoms with Crippen molar-refractivity contribution in [2.45, 2.75) is 79.7 Å². The van der Waals surface area contributed by atoms with E-state index >= 15 is 0 Å². The highest BCUT2D eigenvalue weighted by Crippen LogP contribution is 2.56. The van der Waals surface area contributed by atoms with Crippen molar-refractivity contribution >= 4 is 44.8 Å². The Kier molecular flexibility index (Phi) is 11.3. The fourth-order valence-corrected chi connectivity index (χ4v) is 8.14. The first kappa shape index (κ1) is 37.4. The van der Waals surface area contributed by atoms with Crippen molar-refractivity contribution < 1.29 is 23.0 Å². The Balaban J connectivity index is 1.23. The number of ether oxygens (including phenoxy) is 2. The van der Waals surface area contributed by atoms with Crippen LogP contribution in [0.2, 0.25) is 0 Å². The molecule has 0 spiro atoms. The Bertz CT molecular complexity index is 1790. The Labute approximate surface area is 298 Å². The van der Waals surface area contributed by atoms with E-state index in [9.17, 15) is 13.6 Å². The van der Waals surface area contributed by atoms with E-state index in [1.807, 2.05) is 12.1 Å². The number of amides is 1. The van der Waals surface area contributed by atoms with Crippen LogP contribution in [0.5, 0.6) is 11.5 Å². The molecule has 1 aliphatic heterocycles. The van der Waals surface area contributed by atoms with Crippen molar-refractivity contribution in [1.82, 2.24) is 19.9 Å². The number of likely N-dealkylation sites (tertiary alicyclic amines) is 1. The largest absolute Gasteiger partial charge is 0.493 e. The molecule has 50 heavy (non-hydrogen) atoms. The van der Waals surface area contributed by atoms with Crippen LogP contribution in [0.25, 0.3) is 10.9 Å². The molecule has 1 saturated heterocycles. The molecule has 12 heteroatoms. The van der Waals surface area contributed by atoms with Crippen LogP contribution in [0.4, 0.5) is 25.4 Å². The van der Waals surface area contributed by atoms with Crippen LogP contribution in [0.15, 0.2) is 42.9 Å². The zero-order valence-corrected chi connectivity index (χ0v) is 31.0. The Hall–Kier alpha value is -3.90. The molecule has 0 saturated carbocycles. The number of anilines is 3. The smallest absolute Gasteiger partial charge is 0.229 e. The third kappa shape index (κ3) is 8.01. The number of rotatable bonds is 12. The van der Waals surface area contributed by atoms with Gasteiger partial charge in [-0.25, -0.2) is 23.7 Å². The third-order valence-corrected chi connectivity index (χ3v) is 10.9. The topological polar surface area (TPSA) is 102 Å². The minimum atomic E-state index is -1.10. The minimum Gasteiger partial charge on any atom is -0.493 e. The second-order valence-electron chi connectivity index (χ2n) is 15.0. The van der Waals surface area contributed by atoms with E-state index in [4.69, 9.17) is 16.4 Å². The summed E-state index contributed by atoms with van der Waals surface area (Å²) in [6.07, 6.45) is 7.41. The first-order valence-electron chi connectivity index (χ1n) is 17.1. The Morgan fingerprint density at radius 3 is 2.54 bits per heavy atom. The van der Waals surface area contributed by atoms with Gasteiger partial charge in [0.2, 0.25) is 5.91 Å². The normalized spacial score (nSPS) is 16.0. The molecule has 2 aromatic carbocycles. The lowest BCUT2D eigenvalue weighted by atomic mass is 9.50.